The maximum absolute atomic E-state index is 16.2. The van der Waals surface area contributed by atoms with Crippen molar-refractivity contribution in [3.05, 3.63) is 112 Å². The number of phenols is 1. The summed E-state index contributed by atoms with van der Waals surface area (Å²) in [5, 5.41) is 12.5. The van der Waals surface area contributed by atoms with E-state index in [1.165, 1.54) is 24.1 Å². The summed E-state index contributed by atoms with van der Waals surface area (Å²) < 4.78 is 57.3. The lowest BCUT2D eigenvalue weighted by atomic mass is 9.75. The van der Waals surface area contributed by atoms with Crippen molar-refractivity contribution in [2.24, 2.45) is 5.92 Å². The van der Waals surface area contributed by atoms with Gasteiger partial charge in [-0.05, 0) is 84.3 Å². The number of methoxy groups -OCH3 is 1. The molecule has 5 heterocycles. The number of amides is 3. The Morgan fingerprint density at radius 2 is 1.54 bits per heavy atom. The van der Waals surface area contributed by atoms with E-state index in [4.69, 9.17) is 9.47 Å². The molecule has 308 valence electrons. The quantitative estimate of drug-likeness (QED) is 0.209. The second-order valence-electron chi connectivity index (χ2n) is 16.3. The lowest BCUT2D eigenvalue weighted by Crippen LogP contribution is -2.52. The van der Waals surface area contributed by atoms with Gasteiger partial charge in [0.25, 0.3) is 5.91 Å². The zero-order valence-electron chi connectivity index (χ0n) is 32.8. The summed E-state index contributed by atoms with van der Waals surface area (Å²) in [7, 11) is 1.42. The van der Waals surface area contributed by atoms with Crippen LogP contribution in [0.15, 0.2) is 66.7 Å². The average molecular weight is 810 g/mol. The van der Waals surface area contributed by atoms with Crippen molar-refractivity contribution >= 4 is 29.1 Å². The van der Waals surface area contributed by atoms with Crippen LogP contribution in [0.25, 0.3) is 0 Å². The molecule has 2 unspecified atom stereocenters. The van der Waals surface area contributed by atoms with Crippen LogP contribution in [0.1, 0.15) is 70.1 Å². The Balaban J connectivity index is 0.815. The minimum absolute atomic E-state index is 0.0735. The van der Waals surface area contributed by atoms with E-state index in [0.29, 0.717) is 54.8 Å². The number of hydrogen-bond donors (Lipinski definition) is 2. The summed E-state index contributed by atoms with van der Waals surface area (Å²) >= 11 is 0. The van der Waals surface area contributed by atoms with E-state index >= 15 is 8.78 Å². The predicted octanol–water partition coefficient (Wildman–Crippen LogP) is 5.93. The van der Waals surface area contributed by atoms with E-state index in [2.05, 4.69) is 15.1 Å². The maximum atomic E-state index is 16.2. The molecule has 3 fully saturated rings. The Morgan fingerprint density at radius 3 is 2.29 bits per heavy atom. The molecule has 59 heavy (non-hydrogen) atoms. The first-order chi connectivity index (χ1) is 28.5. The van der Waals surface area contributed by atoms with Crippen molar-refractivity contribution in [1.29, 1.82) is 0 Å². The number of hydrogen-bond acceptors (Lipinski definition) is 9. The molecule has 0 saturated carbocycles. The normalized spacial score (nSPS) is 22.5. The first kappa shape index (κ1) is 38.7. The molecule has 0 spiro atoms. The van der Waals surface area contributed by atoms with E-state index in [-0.39, 0.29) is 66.6 Å². The number of piperazine rings is 1. The molecule has 5 aliphatic rings. The van der Waals surface area contributed by atoms with Crippen molar-refractivity contribution in [2.75, 3.05) is 69.3 Å². The number of nitrogens with one attached hydrogen (secondary N) is 1. The summed E-state index contributed by atoms with van der Waals surface area (Å²) in [5.74, 6) is -1.90. The highest BCUT2D eigenvalue weighted by molar-refractivity contribution is 6.05. The van der Waals surface area contributed by atoms with Crippen LogP contribution < -0.4 is 24.6 Å². The Morgan fingerprint density at radius 1 is 0.797 bits per heavy atom. The Kier molecular flexibility index (Phi) is 10.4. The Bertz CT molecular complexity index is 2310. The molecule has 0 aromatic heterocycles. The number of rotatable bonds is 8. The molecule has 4 aromatic rings. The van der Waals surface area contributed by atoms with E-state index < -0.39 is 29.5 Å². The molecule has 0 radical (unpaired) electrons. The first-order valence-electron chi connectivity index (χ1n) is 20.3. The molecule has 3 amide bonds. The van der Waals surface area contributed by atoms with Gasteiger partial charge in [-0.25, -0.2) is 13.2 Å². The fourth-order valence-electron chi connectivity index (χ4n) is 9.69. The van der Waals surface area contributed by atoms with Crippen molar-refractivity contribution < 1.29 is 42.1 Å². The monoisotopic (exact) mass is 809 g/mol. The van der Waals surface area contributed by atoms with Crippen LogP contribution in [0.2, 0.25) is 0 Å². The number of piperidine rings is 2. The van der Waals surface area contributed by atoms with E-state index in [1.807, 2.05) is 17.0 Å². The van der Waals surface area contributed by atoms with Gasteiger partial charge in [-0.2, -0.15) is 0 Å². The molecule has 11 nitrogen and oxygen atoms in total. The van der Waals surface area contributed by atoms with Gasteiger partial charge in [0, 0.05) is 87.8 Å². The summed E-state index contributed by atoms with van der Waals surface area (Å²) in [6, 6.07) is 17.4. The molecule has 3 saturated heterocycles. The number of aromatic hydroxyl groups is 1. The summed E-state index contributed by atoms with van der Waals surface area (Å²) in [6.45, 7) is 5.56. The highest BCUT2D eigenvalue weighted by atomic mass is 19.1. The number of anilines is 2. The Hall–Kier alpha value is -5.76. The predicted molar refractivity (Wildman–Crippen MR) is 214 cm³/mol. The van der Waals surface area contributed by atoms with Gasteiger partial charge < -0.3 is 29.3 Å². The van der Waals surface area contributed by atoms with Gasteiger partial charge in [-0.1, -0.05) is 18.2 Å². The van der Waals surface area contributed by atoms with Gasteiger partial charge in [-0.15, -0.1) is 0 Å². The lowest BCUT2D eigenvalue weighted by Gasteiger charge is -2.40. The summed E-state index contributed by atoms with van der Waals surface area (Å²) in [5.41, 5.74) is 4.32. The van der Waals surface area contributed by atoms with Gasteiger partial charge in [0.15, 0.2) is 11.6 Å². The third-order valence-electron chi connectivity index (χ3n) is 12.9. The zero-order valence-corrected chi connectivity index (χ0v) is 32.8. The van der Waals surface area contributed by atoms with Crippen LogP contribution in [0.5, 0.6) is 17.2 Å². The molecule has 3 atom stereocenters. The van der Waals surface area contributed by atoms with Crippen molar-refractivity contribution in [3.63, 3.8) is 0 Å². The SMILES string of the molecule is COc1cc(C2COc3cc(O)ccc3C2c2ccc(N3CCC(CN4CCN(c5cc6c(cc5F)C(=O)N([C@H]5CCC(=O)NC5=O)C6)CC4)CC3)c(F)c2)ccc1F. The number of benzene rings is 4. The Labute approximate surface area is 340 Å². The lowest BCUT2D eigenvalue weighted by molar-refractivity contribution is -0.136. The van der Waals surface area contributed by atoms with E-state index in [9.17, 15) is 23.9 Å². The molecular weight excluding hydrogens is 764 g/mol. The first-order valence-corrected chi connectivity index (χ1v) is 20.3. The number of carbonyl (C=O) groups is 3. The van der Waals surface area contributed by atoms with E-state index in [0.717, 1.165) is 49.2 Å². The molecule has 14 heteroatoms. The topological polar surface area (TPSA) is 115 Å². The minimum Gasteiger partial charge on any atom is -0.508 e. The molecule has 2 N–H and O–H groups in total. The highest BCUT2D eigenvalue weighted by Gasteiger charge is 2.40. The molecular formula is C45H46F3N5O6. The van der Waals surface area contributed by atoms with Crippen LogP contribution in [0, 0.1) is 23.4 Å². The number of nitrogens with zero attached hydrogens (tertiary/aromatic N) is 4. The smallest absolute Gasteiger partial charge is 0.255 e. The van der Waals surface area contributed by atoms with Gasteiger partial charge in [-0.3, -0.25) is 24.6 Å². The summed E-state index contributed by atoms with van der Waals surface area (Å²) in [6.07, 6.45) is 2.23. The average Bonchev–Trinajstić information content (AvgIpc) is 3.54. The second kappa shape index (κ2) is 15.8. The van der Waals surface area contributed by atoms with Crippen LogP contribution >= 0.6 is 0 Å². The molecule has 0 bridgehead atoms. The van der Waals surface area contributed by atoms with Crippen molar-refractivity contribution in [1.82, 2.24) is 15.1 Å². The molecule has 5 aliphatic heterocycles. The zero-order chi connectivity index (χ0) is 40.9. The maximum Gasteiger partial charge on any atom is 0.255 e. The fourth-order valence-corrected chi connectivity index (χ4v) is 9.69. The minimum atomic E-state index is -0.749. The number of ether oxygens (including phenoxy) is 2. The second-order valence-corrected chi connectivity index (χ2v) is 16.3. The van der Waals surface area contributed by atoms with Crippen LogP contribution in [0.3, 0.4) is 0 Å². The summed E-state index contributed by atoms with van der Waals surface area (Å²) in [4.78, 5) is 45.2. The third-order valence-corrected chi connectivity index (χ3v) is 12.9. The number of carbonyl (C=O) groups excluding carboxylic acids is 3. The number of fused-ring (bicyclic) bond motifs is 2. The van der Waals surface area contributed by atoms with Gasteiger partial charge >= 0.3 is 0 Å². The van der Waals surface area contributed by atoms with Gasteiger partial charge in [0.05, 0.1) is 25.1 Å². The molecule has 4 aromatic carbocycles. The van der Waals surface area contributed by atoms with Crippen LogP contribution in [-0.4, -0.2) is 98.2 Å². The highest BCUT2D eigenvalue weighted by Crippen LogP contribution is 2.48. The van der Waals surface area contributed by atoms with Crippen LogP contribution in [0.4, 0.5) is 24.5 Å². The van der Waals surface area contributed by atoms with Crippen molar-refractivity contribution in [2.45, 2.75) is 50.1 Å². The third kappa shape index (κ3) is 7.43. The standard InChI is InChI=1S/C45H46F3N5O6/c1-58-41-20-27(2-6-34(41)46)33-25-59-40-21-30(54)4-5-31(40)43(33)28-3-7-37(35(47)18-28)51-12-10-26(11-13-51)23-50-14-16-52(17-15-50)39-19-29-24-53(45(57)32(29)22-36(39)48)38-8-9-42(55)49-44(38)56/h2-7,18-22,26,33,38,43,54H,8-17,23-25H2,1H3,(H,49,55,56)/t33?,38-,43?/m0/s1. The molecule has 0 aliphatic carbocycles. The van der Waals surface area contributed by atoms with Gasteiger partial charge in [0.2, 0.25) is 11.8 Å². The molecule has 9 rings (SSSR count). The van der Waals surface area contributed by atoms with Gasteiger partial charge in [0.1, 0.15) is 29.2 Å². The number of halogens is 3. The number of imide groups is 1. The van der Waals surface area contributed by atoms with E-state index in [1.54, 1.807) is 42.5 Å². The van der Waals surface area contributed by atoms with Crippen molar-refractivity contribution in [3.8, 4) is 17.2 Å². The largest absolute Gasteiger partial charge is 0.508 e. The number of phenolic OH excluding ortho intramolecular Hbond substituents is 1. The fraction of sp³-hybridized carbons (Fsp3) is 0.400. The van der Waals surface area contributed by atoms with Crippen LogP contribution in [-0.2, 0) is 16.1 Å².